The van der Waals surface area contributed by atoms with Crippen LogP contribution in [-0.4, -0.2) is 35.1 Å². The Bertz CT molecular complexity index is 638. The van der Waals surface area contributed by atoms with Gasteiger partial charge >= 0.3 is 5.97 Å². The highest BCUT2D eigenvalue weighted by Crippen LogP contribution is 2.45. The molecule has 2 bridgehead atoms. The Labute approximate surface area is 119 Å². The van der Waals surface area contributed by atoms with Gasteiger partial charge in [-0.15, -0.1) is 5.06 Å². The summed E-state index contributed by atoms with van der Waals surface area (Å²) in [5.41, 5.74) is 0.285. The quantitative estimate of drug-likeness (QED) is 0.590. The summed E-state index contributed by atoms with van der Waals surface area (Å²) >= 11 is 0. The van der Waals surface area contributed by atoms with Crippen LogP contribution >= 0.6 is 0 Å². The predicted octanol–water partition coefficient (Wildman–Crippen LogP) is 0.697. The largest absolute Gasteiger partial charge is 0.365 e. The van der Waals surface area contributed by atoms with Crippen molar-refractivity contribution >= 4 is 17.8 Å². The third-order valence-electron chi connectivity index (χ3n) is 4.05. The van der Waals surface area contributed by atoms with Crippen LogP contribution in [0.5, 0.6) is 0 Å². The fourth-order valence-electron chi connectivity index (χ4n) is 3.08. The van der Waals surface area contributed by atoms with Crippen LogP contribution in [0.15, 0.2) is 42.5 Å². The zero-order valence-corrected chi connectivity index (χ0v) is 10.8. The SMILES string of the molecule is O=C(ON1C(=O)[C@@H]2[C@H](C1=O)[C@@H]1C=C[C@@H]2O1)c1ccccc1. The van der Waals surface area contributed by atoms with Crippen molar-refractivity contribution in [3.63, 3.8) is 0 Å². The smallest absolute Gasteiger partial charge is 0.363 e. The molecule has 0 aliphatic carbocycles. The van der Waals surface area contributed by atoms with Crippen LogP contribution < -0.4 is 0 Å². The first-order valence-electron chi connectivity index (χ1n) is 6.66. The van der Waals surface area contributed by atoms with E-state index in [-0.39, 0.29) is 5.56 Å². The van der Waals surface area contributed by atoms with Gasteiger partial charge in [-0.2, -0.15) is 0 Å². The summed E-state index contributed by atoms with van der Waals surface area (Å²) in [6.45, 7) is 0. The third-order valence-corrected chi connectivity index (χ3v) is 4.05. The average molecular weight is 285 g/mol. The Morgan fingerprint density at radius 3 is 2.14 bits per heavy atom. The minimum absolute atomic E-state index is 0.285. The number of fused-ring (bicyclic) bond motifs is 5. The van der Waals surface area contributed by atoms with Crippen molar-refractivity contribution in [3.8, 4) is 0 Å². The first-order valence-corrected chi connectivity index (χ1v) is 6.66. The van der Waals surface area contributed by atoms with Crippen molar-refractivity contribution in [2.45, 2.75) is 12.2 Å². The number of benzene rings is 1. The van der Waals surface area contributed by atoms with Crippen LogP contribution in [0.3, 0.4) is 0 Å². The lowest BCUT2D eigenvalue weighted by Crippen LogP contribution is -2.36. The van der Waals surface area contributed by atoms with E-state index in [2.05, 4.69) is 0 Å². The van der Waals surface area contributed by atoms with E-state index >= 15 is 0 Å². The number of rotatable bonds is 2. The second kappa shape index (κ2) is 4.26. The molecule has 0 unspecified atom stereocenters. The highest BCUT2D eigenvalue weighted by atomic mass is 16.7. The molecule has 4 rings (SSSR count). The Morgan fingerprint density at radius 1 is 1.00 bits per heavy atom. The topological polar surface area (TPSA) is 72.9 Å². The van der Waals surface area contributed by atoms with Crippen molar-refractivity contribution in [2.75, 3.05) is 0 Å². The van der Waals surface area contributed by atoms with Crippen LogP contribution in [0.25, 0.3) is 0 Å². The van der Waals surface area contributed by atoms with Crippen molar-refractivity contribution in [1.29, 1.82) is 0 Å². The van der Waals surface area contributed by atoms with Gasteiger partial charge in [-0.25, -0.2) is 4.79 Å². The van der Waals surface area contributed by atoms with Crippen LogP contribution in [-0.2, 0) is 19.2 Å². The lowest BCUT2D eigenvalue weighted by Gasteiger charge is -2.16. The fraction of sp³-hybridized carbons (Fsp3) is 0.267. The highest BCUT2D eigenvalue weighted by Gasteiger charge is 2.62. The van der Waals surface area contributed by atoms with E-state index in [9.17, 15) is 14.4 Å². The van der Waals surface area contributed by atoms with E-state index in [1.54, 1.807) is 42.5 Å². The standard InChI is InChI=1S/C15H11NO5/c17-13-11-9-6-7-10(20-9)12(11)14(18)16(13)21-15(19)8-4-2-1-3-5-8/h1-7,9-12H/t9-,10-,11-,12+/m0/s1. The zero-order chi connectivity index (χ0) is 14.6. The molecule has 0 saturated carbocycles. The van der Waals surface area contributed by atoms with Crippen molar-refractivity contribution < 1.29 is 24.0 Å². The maximum absolute atomic E-state index is 12.3. The third kappa shape index (κ3) is 1.66. The summed E-state index contributed by atoms with van der Waals surface area (Å²) in [4.78, 5) is 41.5. The van der Waals surface area contributed by atoms with Gasteiger partial charge in [0.05, 0.1) is 29.6 Å². The Morgan fingerprint density at radius 2 is 1.57 bits per heavy atom. The van der Waals surface area contributed by atoms with Crippen molar-refractivity contribution in [2.24, 2.45) is 11.8 Å². The molecule has 3 aliphatic rings. The lowest BCUT2D eigenvalue weighted by atomic mass is 9.85. The molecule has 4 atom stereocenters. The molecule has 0 spiro atoms. The molecule has 6 nitrogen and oxygen atoms in total. The molecular weight excluding hydrogens is 274 g/mol. The summed E-state index contributed by atoms with van der Waals surface area (Å²) in [5, 5.41) is 0.597. The van der Waals surface area contributed by atoms with Crippen LogP contribution in [0.2, 0.25) is 0 Å². The van der Waals surface area contributed by atoms with Gasteiger partial charge < -0.3 is 9.57 Å². The molecule has 2 amide bonds. The molecule has 21 heavy (non-hydrogen) atoms. The molecular formula is C15H11NO5. The Hall–Kier alpha value is -2.47. The maximum atomic E-state index is 12.3. The van der Waals surface area contributed by atoms with Gasteiger partial charge in [0.1, 0.15) is 0 Å². The van der Waals surface area contributed by atoms with Crippen LogP contribution in [0, 0.1) is 11.8 Å². The number of nitrogens with zero attached hydrogens (tertiary/aromatic N) is 1. The molecule has 1 aromatic carbocycles. The highest BCUT2D eigenvalue weighted by molar-refractivity contribution is 6.07. The molecule has 0 aromatic heterocycles. The number of imide groups is 1. The number of ether oxygens (including phenoxy) is 1. The molecule has 0 radical (unpaired) electrons. The molecule has 3 aliphatic heterocycles. The van der Waals surface area contributed by atoms with Gasteiger partial charge in [0, 0.05) is 0 Å². The Kier molecular flexibility index (Phi) is 2.49. The van der Waals surface area contributed by atoms with Gasteiger partial charge in [-0.3, -0.25) is 9.59 Å². The summed E-state index contributed by atoms with van der Waals surface area (Å²) in [6, 6.07) is 8.23. The zero-order valence-electron chi connectivity index (χ0n) is 10.8. The van der Waals surface area contributed by atoms with Crippen LogP contribution in [0.1, 0.15) is 10.4 Å². The van der Waals surface area contributed by atoms with E-state index in [1.807, 2.05) is 0 Å². The molecule has 2 saturated heterocycles. The fourth-order valence-corrected chi connectivity index (χ4v) is 3.08. The molecule has 2 fully saturated rings. The maximum Gasteiger partial charge on any atom is 0.363 e. The first kappa shape index (κ1) is 12.3. The predicted molar refractivity (Wildman–Crippen MR) is 68.5 cm³/mol. The minimum atomic E-state index is -0.724. The van der Waals surface area contributed by atoms with E-state index in [0.29, 0.717) is 5.06 Å². The number of amides is 2. The summed E-state index contributed by atoms with van der Waals surface area (Å²) in [6.07, 6.45) is 2.77. The van der Waals surface area contributed by atoms with Crippen molar-refractivity contribution in [1.82, 2.24) is 5.06 Å². The average Bonchev–Trinajstić information content (AvgIpc) is 3.18. The summed E-state index contributed by atoms with van der Waals surface area (Å²) in [5.74, 6) is -2.89. The molecule has 106 valence electrons. The lowest BCUT2D eigenvalue weighted by molar-refractivity contribution is -0.177. The Balaban J connectivity index is 1.56. The van der Waals surface area contributed by atoms with Crippen LogP contribution in [0.4, 0.5) is 0 Å². The summed E-state index contributed by atoms with van der Waals surface area (Å²) < 4.78 is 5.50. The number of carbonyl (C=O) groups excluding carboxylic acids is 3. The normalized spacial score (nSPS) is 32.7. The minimum Gasteiger partial charge on any atom is -0.365 e. The van der Waals surface area contributed by atoms with E-state index in [0.717, 1.165) is 0 Å². The van der Waals surface area contributed by atoms with Gasteiger partial charge in [0.2, 0.25) is 0 Å². The first-order chi connectivity index (χ1) is 10.2. The number of hydrogen-bond donors (Lipinski definition) is 0. The second-order valence-corrected chi connectivity index (χ2v) is 5.22. The van der Waals surface area contributed by atoms with E-state index < -0.39 is 41.8 Å². The van der Waals surface area contributed by atoms with Gasteiger partial charge in [-0.1, -0.05) is 30.4 Å². The molecule has 0 N–H and O–H groups in total. The number of hydrogen-bond acceptors (Lipinski definition) is 5. The molecule has 1 aromatic rings. The molecule has 3 heterocycles. The molecule has 6 heteroatoms. The van der Waals surface area contributed by atoms with E-state index in [4.69, 9.17) is 9.57 Å². The number of carbonyl (C=O) groups is 3. The summed E-state index contributed by atoms with van der Waals surface area (Å²) in [7, 11) is 0. The van der Waals surface area contributed by atoms with Crippen molar-refractivity contribution in [3.05, 3.63) is 48.0 Å². The van der Waals surface area contributed by atoms with Gasteiger partial charge in [0.25, 0.3) is 11.8 Å². The van der Waals surface area contributed by atoms with E-state index in [1.165, 1.54) is 0 Å². The number of hydroxylamine groups is 2. The monoisotopic (exact) mass is 285 g/mol. The second-order valence-electron chi connectivity index (χ2n) is 5.22. The van der Waals surface area contributed by atoms with Gasteiger partial charge in [0.15, 0.2) is 0 Å². The van der Waals surface area contributed by atoms with Gasteiger partial charge in [-0.05, 0) is 12.1 Å².